The number of hydrogen-bond acceptors (Lipinski definition) is 5. The van der Waals surface area contributed by atoms with Gasteiger partial charge in [-0.05, 0) is 36.4 Å². The highest BCUT2D eigenvalue weighted by atomic mass is 35.5. The van der Waals surface area contributed by atoms with Crippen LogP contribution in [0.3, 0.4) is 0 Å². The molecule has 0 bridgehead atoms. The zero-order valence-corrected chi connectivity index (χ0v) is 11.5. The average molecular weight is 304 g/mol. The molecule has 3 heterocycles. The topological polar surface area (TPSA) is 64.5 Å². The monoisotopic (exact) mass is 303 g/mol. The Hall–Kier alpha value is -2.11. The first-order chi connectivity index (χ1) is 9.72. The van der Waals surface area contributed by atoms with E-state index in [4.69, 9.17) is 23.2 Å². The van der Waals surface area contributed by atoms with Crippen LogP contribution in [0.15, 0.2) is 42.5 Å². The normalized spacial score (nSPS) is 10.5. The van der Waals surface area contributed by atoms with Crippen LogP contribution in [0.5, 0.6) is 0 Å². The summed E-state index contributed by atoms with van der Waals surface area (Å²) >= 11 is 11.4. The zero-order valence-electron chi connectivity index (χ0n) is 10.0. The first-order valence-electron chi connectivity index (χ1n) is 5.68. The molecule has 0 aliphatic rings. The minimum Gasteiger partial charge on any atom is -0.244 e. The molecule has 5 nitrogen and oxygen atoms in total. The Morgan fingerprint density at radius 3 is 1.45 bits per heavy atom. The van der Waals surface area contributed by atoms with Crippen LogP contribution in [0.25, 0.3) is 22.8 Å². The summed E-state index contributed by atoms with van der Waals surface area (Å²) in [6, 6.07) is 12.4. The van der Waals surface area contributed by atoms with Gasteiger partial charge in [0.15, 0.2) is 10.3 Å². The lowest BCUT2D eigenvalue weighted by Crippen LogP contribution is -1.94. The van der Waals surface area contributed by atoms with Gasteiger partial charge in [0.05, 0.1) is 11.4 Å². The molecule has 20 heavy (non-hydrogen) atoms. The fourth-order valence-electron chi connectivity index (χ4n) is 1.63. The summed E-state index contributed by atoms with van der Waals surface area (Å²) in [6.07, 6.45) is 0. The van der Waals surface area contributed by atoms with Crippen LogP contribution in [-0.4, -0.2) is 25.4 Å². The van der Waals surface area contributed by atoms with Crippen molar-refractivity contribution < 1.29 is 0 Å². The van der Waals surface area contributed by atoms with Crippen molar-refractivity contribution in [3.63, 3.8) is 0 Å². The minimum atomic E-state index is 0.341. The van der Waals surface area contributed by atoms with Crippen molar-refractivity contribution in [3.05, 3.63) is 52.8 Å². The van der Waals surface area contributed by atoms with Crippen molar-refractivity contribution in [2.45, 2.75) is 0 Å². The number of nitrogens with zero attached hydrogens (tertiary/aromatic N) is 5. The van der Waals surface area contributed by atoms with Gasteiger partial charge in [-0.25, -0.2) is 4.98 Å². The third-order valence-electron chi connectivity index (χ3n) is 2.54. The van der Waals surface area contributed by atoms with Crippen LogP contribution >= 0.6 is 23.2 Å². The van der Waals surface area contributed by atoms with Gasteiger partial charge in [0.25, 0.3) is 0 Å². The number of rotatable bonds is 2. The second-order valence-electron chi connectivity index (χ2n) is 3.89. The lowest BCUT2D eigenvalue weighted by Gasteiger charge is -2.03. The molecule has 0 amide bonds. The fraction of sp³-hybridized carbons (Fsp3) is 0. The predicted molar refractivity (Wildman–Crippen MR) is 76.3 cm³/mol. The van der Waals surface area contributed by atoms with E-state index in [-0.39, 0.29) is 0 Å². The minimum absolute atomic E-state index is 0.341. The van der Waals surface area contributed by atoms with E-state index in [2.05, 4.69) is 25.4 Å². The van der Waals surface area contributed by atoms with Crippen LogP contribution in [-0.2, 0) is 0 Å². The summed E-state index contributed by atoms with van der Waals surface area (Å²) in [5.74, 6) is 0. The molecule has 0 N–H and O–H groups in total. The molecule has 3 rings (SSSR count). The molecule has 0 radical (unpaired) electrons. The van der Waals surface area contributed by atoms with Gasteiger partial charge in [-0.3, -0.25) is 0 Å². The van der Waals surface area contributed by atoms with Crippen molar-refractivity contribution in [2.24, 2.45) is 0 Å². The largest absolute Gasteiger partial charge is 0.244 e. The van der Waals surface area contributed by atoms with Gasteiger partial charge in [-0.2, -0.15) is 0 Å². The SMILES string of the molecule is Clc1ccc(-c2cccc(-c3ccc(Cl)nn3)n2)nn1. The fourth-order valence-corrected chi connectivity index (χ4v) is 1.83. The van der Waals surface area contributed by atoms with Crippen molar-refractivity contribution >= 4 is 23.2 Å². The molecular formula is C13H7Cl2N5. The molecule has 7 heteroatoms. The molecule has 98 valence electrons. The summed E-state index contributed by atoms with van der Waals surface area (Å²) < 4.78 is 0. The first-order valence-corrected chi connectivity index (χ1v) is 6.44. The lowest BCUT2D eigenvalue weighted by molar-refractivity contribution is 1.02. The van der Waals surface area contributed by atoms with Crippen LogP contribution in [0.4, 0.5) is 0 Å². The van der Waals surface area contributed by atoms with Gasteiger partial charge in [-0.15, -0.1) is 20.4 Å². The molecule has 0 fully saturated rings. The van der Waals surface area contributed by atoms with Gasteiger partial charge in [0, 0.05) is 0 Å². The van der Waals surface area contributed by atoms with E-state index in [0.29, 0.717) is 33.1 Å². The smallest absolute Gasteiger partial charge is 0.151 e. The van der Waals surface area contributed by atoms with Crippen molar-refractivity contribution in [3.8, 4) is 22.8 Å². The second-order valence-corrected chi connectivity index (χ2v) is 4.67. The average Bonchev–Trinajstić information content (AvgIpc) is 2.49. The molecule has 0 spiro atoms. The Morgan fingerprint density at radius 1 is 0.550 bits per heavy atom. The molecule has 0 saturated heterocycles. The van der Waals surface area contributed by atoms with Gasteiger partial charge in [-0.1, -0.05) is 29.3 Å². The maximum absolute atomic E-state index is 5.72. The quantitative estimate of drug-likeness (QED) is 0.727. The molecule has 0 aliphatic heterocycles. The van der Waals surface area contributed by atoms with E-state index < -0.39 is 0 Å². The van der Waals surface area contributed by atoms with Crippen LogP contribution in [0, 0.1) is 0 Å². The molecule has 0 unspecified atom stereocenters. The molecular weight excluding hydrogens is 297 g/mol. The summed E-state index contributed by atoms with van der Waals surface area (Å²) in [5.41, 5.74) is 2.64. The number of pyridine rings is 1. The highest BCUT2D eigenvalue weighted by Gasteiger charge is 2.06. The molecule has 0 aliphatic carbocycles. The predicted octanol–water partition coefficient (Wildman–Crippen LogP) is 3.30. The van der Waals surface area contributed by atoms with Crippen molar-refractivity contribution in [1.82, 2.24) is 25.4 Å². The van der Waals surface area contributed by atoms with Gasteiger partial charge in [0.1, 0.15) is 11.4 Å². The zero-order chi connectivity index (χ0) is 13.9. The highest BCUT2D eigenvalue weighted by molar-refractivity contribution is 6.29. The van der Waals surface area contributed by atoms with Gasteiger partial charge >= 0.3 is 0 Å². The molecule has 3 aromatic rings. The Morgan fingerprint density at radius 2 is 1.05 bits per heavy atom. The Kier molecular flexibility index (Phi) is 3.54. The van der Waals surface area contributed by atoms with Gasteiger partial charge < -0.3 is 0 Å². The molecule has 0 saturated carbocycles. The van der Waals surface area contributed by atoms with E-state index in [1.807, 2.05) is 18.2 Å². The number of aromatic nitrogens is 5. The van der Waals surface area contributed by atoms with E-state index in [0.717, 1.165) is 0 Å². The standard InChI is InChI=1S/C13H7Cl2N5/c14-12-6-4-10(17-19-12)8-2-1-3-9(16-8)11-5-7-13(15)20-18-11/h1-7H. The first kappa shape index (κ1) is 12.9. The van der Waals surface area contributed by atoms with Crippen molar-refractivity contribution in [1.29, 1.82) is 0 Å². The third kappa shape index (κ3) is 2.74. The molecule has 0 aromatic carbocycles. The summed E-state index contributed by atoms with van der Waals surface area (Å²) in [6.45, 7) is 0. The molecule has 3 aromatic heterocycles. The maximum Gasteiger partial charge on any atom is 0.151 e. The number of hydrogen-bond donors (Lipinski definition) is 0. The van der Waals surface area contributed by atoms with E-state index in [1.165, 1.54) is 0 Å². The van der Waals surface area contributed by atoms with Crippen molar-refractivity contribution in [2.75, 3.05) is 0 Å². The Labute approximate surface area is 124 Å². The lowest BCUT2D eigenvalue weighted by atomic mass is 10.2. The van der Waals surface area contributed by atoms with E-state index >= 15 is 0 Å². The Bertz CT molecular complexity index is 668. The number of halogens is 2. The maximum atomic E-state index is 5.72. The van der Waals surface area contributed by atoms with Crippen LogP contribution < -0.4 is 0 Å². The highest BCUT2D eigenvalue weighted by Crippen LogP contribution is 2.20. The summed E-state index contributed by atoms with van der Waals surface area (Å²) in [5, 5.41) is 16.3. The summed E-state index contributed by atoms with van der Waals surface area (Å²) in [7, 11) is 0. The van der Waals surface area contributed by atoms with E-state index in [9.17, 15) is 0 Å². The second kappa shape index (κ2) is 5.48. The third-order valence-corrected chi connectivity index (χ3v) is 2.94. The summed E-state index contributed by atoms with van der Waals surface area (Å²) in [4.78, 5) is 4.48. The van der Waals surface area contributed by atoms with E-state index in [1.54, 1.807) is 24.3 Å². The van der Waals surface area contributed by atoms with Crippen LogP contribution in [0.2, 0.25) is 10.3 Å². The van der Waals surface area contributed by atoms with Crippen LogP contribution in [0.1, 0.15) is 0 Å². The van der Waals surface area contributed by atoms with Gasteiger partial charge in [0.2, 0.25) is 0 Å². The Balaban J connectivity index is 2.01. The molecule has 0 atom stereocenters.